The number of fused-ring (bicyclic) bond motifs is 1. The third-order valence-corrected chi connectivity index (χ3v) is 3.91. The molecule has 2 aliphatic heterocycles. The zero-order valence-corrected chi connectivity index (χ0v) is 10.8. The first kappa shape index (κ1) is 10.6. The Morgan fingerprint density at radius 1 is 1.44 bits per heavy atom. The Bertz CT molecular complexity index is 399. The fraction of sp³-hybridized carbons (Fsp3) is 0.538. The van der Waals surface area contributed by atoms with Gasteiger partial charge < -0.3 is 10.1 Å². The van der Waals surface area contributed by atoms with Crippen LogP contribution in [-0.2, 0) is 12.8 Å². The van der Waals surface area contributed by atoms with Crippen LogP contribution >= 0.6 is 15.9 Å². The minimum Gasteiger partial charge on any atom is -0.493 e. The third kappa shape index (κ3) is 1.98. The minimum absolute atomic E-state index is 0.641. The first-order chi connectivity index (χ1) is 7.83. The van der Waals surface area contributed by atoms with E-state index in [4.69, 9.17) is 4.74 Å². The highest BCUT2D eigenvalue weighted by atomic mass is 79.9. The Balaban J connectivity index is 1.87. The van der Waals surface area contributed by atoms with Crippen molar-refractivity contribution in [1.82, 2.24) is 5.32 Å². The highest BCUT2D eigenvalue weighted by Crippen LogP contribution is 2.34. The summed E-state index contributed by atoms with van der Waals surface area (Å²) < 4.78 is 6.93. The molecular weight excluding hydrogens is 266 g/mol. The predicted molar refractivity (Wildman–Crippen MR) is 68.1 cm³/mol. The lowest BCUT2D eigenvalue weighted by Crippen LogP contribution is -2.23. The van der Waals surface area contributed by atoms with Gasteiger partial charge in [0.2, 0.25) is 0 Å². The lowest BCUT2D eigenvalue weighted by Gasteiger charge is -2.13. The van der Waals surface area contributed by atoms with E-state index in [1.807, 2.05) is 0 Å². The standard InChI is InChI=1S/C13H16BrNO/c14-11-6-9-3-5-16-13(9)10(7-11)8-12-2-1-4-15-12/h6-7,12,15H,1-5,8H2. The molecule has 0 aliphatic carbocycles. The van der Waals surface area contributed by atoms with Gasteiger partial charge in [-0.25, -0.2) is 0 Å². The number of halogens is 1. The molecule has 1 fully saturated rings. The molecule has 1 saturated heterocycles. The van der Waals surface area contributed by atoms with Crippen molar-refractivity contribution in [2.24, 2.45) is 0 Å². The van der Waals surface area contributed by atoms with Gasteiger partial charge in [-0.1, -0.05) is 15.9 Å². The van der Waals surface area contributed by atoms with E-state index < -0.39 is 0 Å². The van der Waals surface area contributed by atoms with E-state index in [9.17, 15) is 0 Å². The van der Waals surface area contributed by atoms with Crippen molar-refractivity contribution >= 4 is 15.9 Å². The number of ether oxygens (including phenoxy) is 1. The second-order valence-electron chi connectivity index (χ2n) is 4.65. The summed E-state index contributed by atoms with van der Waals surface area (Å²) in [5.74, 6) is 1.15. The second-order valence-corrected chi connectivity index (χ2v) is 5.56. The Morgan fingerprint density at radius 2 is 2.38 bits per heavy atom. The molecule has 86 valence electrons. The SMILES string of the molecule is Brc1cc2c(c(CC3CCCN3)c1)OCC2. The van der Waals surface area contributed by atoms with Gasteiger partial charge in [0.1, 0.15) is 5.75 Å². The van der Waals surface area contributed by atoms with Crippen LogP contribution in [-0.4, -0.2) is 19.2 Å². The maximum Gasteiger partial charge on any atom is 0.125 e. The van der Waals surface area contributed by atoms with E-state index >= 15 is 0 Å². The molecule has 0 amide bonds. The molecule has 3 rings (SSSR count). The zero-order chi connectivity index (χ0) is 11.0. The van der Waals surface area contributed by atoms with Crippen LogP contribution in [0.25, 0.3) is 0 Å². The maximum atomic E-state index is 5.75. The summed E-state index contributed by atoms with van der Waals surface area (Å²) in [6.07, 6.45) is 4.75. The topological polar surface area (TPSA) is 21.3 Å². The zero-order valence-electron chi connectivity index (χ0n) is 9.26. The molecule has 2 heterocycles. The van der Waals surface area contributed by atoms with Crippen molar-refractivity contribution in [3.63, 3.8) is 0 Å². The lowest BCUT2D eigenvalue weighted by atomic mass is 10.0. The normalized spacial score (nSPS) is 23.2. The van der Waals surface area contributed by atoms with Crippen molar-refractivity contribution in [2.45, 2.75) is 31.7 Å². The fourth-order valence-corrected chi connectivity index (χ4v) is 3.25. The van der Waals surface area contributed by atoms with E-state index in [1.165, 1.54) is 35.0 Å². The van der Waals surface area contributed by atoms with Gasteiger partial charge in [-0.05, 0) is 49.1 Å². The molecular formula is C13H16BrNO. The van der Waals surface area contributed by atoms with Gasteiger partial charge in [0, 0.05) is 16.9 Å². The van der Waals surface area contributed by atoms with Crippen LogP contribution in [0.3, 0.4) is 0 Å². The van der Waals surface area contributed by atoms with Crippen molar-refractivity contribution in [3.8, 4) is 5.75 Å². The first-order valence-electron chi connectivity index (χ1n) is 6.00. The molecule has 16 heavy (non-hydrogen) atoms. The van der Waals surface area contributed by atoms with E-state index in [-0.39, 0.29) is 0 Å². The van der Waals surface area contributed by atoms with E-state index in [0.29, 0.717) is 6.04 Å². The quantitative estimate of drug-likeness (QED) is 0.900. The molecule has 0 bridgehead atoms. The van der Waals surface area contributed by atoms with Gasteiger partial charge >= 0.3 is 0 Å². The van der Waals surface area contributed by atoms with Gasteiger partial charge in [-0.3, -0.25) is 0 Å². The second kappa shape index (κ2) is 4.38. The van der Waals surface area contributed by atoms with E-state index in [1.54, 1.807) is 0 Å². The number of hydrogen-bond donors (Lipinski definition) is 1. The molecule has 2 aliphatic rings. The average Bonchev–Trinajstić information content (AvgIpc) is 2.87. The molecule has 0 saturated carbocycles. The summed E-state index contributed by atoms with van der Waals surface area (Å²) >= 11 is 3.59. The van der Waals surface area contributed by atoms with Gasteiger partial charge in [0.15, 0.2) is 0 Å². The molecule has 0 spiro atoms. The number of nitrogens with one attached hydrogen (secondary N) is 1. The van der Waals surface area contributed by atoms with Crippen molar-refractivity contribution < 1.29 is 4.74 Å². The highest BCUT2D eigenvalue weighted by molar-refractivity contribution is 9.10. The summed E-state index contributed by atoms with van der Waals surface area (Å²) in [5.41, 5.74) is 2.73. The highest BCUT2D eigenvalue weighted by Gasteiger charge is 2.21. The third-order valence-electron chi connectivity index (χ3n) is 3.45. The monoisotopic (exact) mass is 281 g/mol. The molecule has 1 N–H and O–H groups in total. The summed E-state index contributed by atoms with van der Waals surface area (Å²) in [7, 11) is 0. The fourth-order valence-electron chi connectivity index (χ4n) is 2.69. The summed E-state index contributed by atoms with van der Waals surface area (Å²) in [6.45, 7) is 2.01. The lowest BCUT2D eigenvalue weighted by molar-refractivity contribution is 0.352. The molecule has 2 nitrogen and oxygen atoms in total. The smallest absolute Gasteiger partial charge is 0.125 e. The van der Waals surface area contributed by atoms with Crippen molar-refractivity contribution in [1.29, 1.82) is 0 Å². The van der Waals surface area contributed by atoms with Gasteiger partial charge in [-0.15, -0.1) is 0 Å². The van der Waals surface area contributed by atoms with Crippen LogP contribution in [0.1, 0.15) is 24.0 Å². The van der Waals surface area contributed by atoms with Crippen LogP contribution in [0.5, 0.6) is 5.75 Å². The molecule has 0 radical (unpaired) electrons. The largest absolute Gasteiger partial charge is 0.493 e. The molecule has 1 aromatic rings. The Hall–Kier alpha value is -0.540. The molecule has 3 heteroatoms. The maximum absolute atomic E-state index is 5.75. The van der Waals surface area contributed by atoms with Crippen LogP contribution in [0.4, 0.5) is 0 Å². The molecule has 0 aromatic heterocycles. The van der Waals surface area contributed by atoms with E-state index in [0.717, 1.165) is 25.2 Å². The Morgan fingerprint density at radius 3 is 3.19 bits per heavy atom. The summed E-state index contributed by atoms with van der Waals surface area (Å²) in [5, 5.41) is 3.54. The number of rotatable bonds is 2. The number of hydrogen-bond acceptors (Lipinski definition) is 2. The molecule has 1 aromatic carbocycles. The van der Waals surface area contributed by atoms with Crippen LogP contribution in [0.15, 0.2) is 16.6 Å². The van der Waals surface area contributed by atoms with Crippen LogP contribution in [0.2, 0.25) is 0 Å². The van der Waals surface area contributed by atoms with Gasteiger partial charge in [0.25, 0.3) is 0 Å². The minimum atomic E-state index is 0.641. The van der Waals surface area contributed by atoms with Gasteiger partial charge in [-0.2, -0.15) is 0 Å². The Kier molecular flexibility index (Phi) is 2.90. The summed E-state index contributed by atoms with van der Waals surface area (Å²) in [4.78, 5) is 0. The predicted octanol–water partition coefficient (Wildman–Crippen LogP) is 2.68. The molecule has 1 unspecified atom stereocenters. The van der Waals surface area contributed by atoms with Crippen LogP contribution < -0.4 is 10.1 Å². The first-order valence-corrected chi connectivity index (χ1v) is 6.80. The van der Waals surface area contributed by atoms with Gasteiger partial charge in [0.05, 0.1) is 6.61 Å². The molecule has 1 atom stereocenters. The Labute approximate surface area is 105 Å². The van der Waals surface area contributed by atoms with Crippen LogP contribution in [0, 0.1) is 0 Å². The van der Waals surface area contributed by atoms with Crippen molar-refractivity contribution in [3.05, 3.63) is 27.7 Å². The number of benzene rings is 1. The average molecular weight is 282 g/mol. The van der Waals surface area contributed by atoms with Crippen molar-refractivity contribution in [2.75, 3.05) is 13.2 Å². The van der Waals surface area contributed by atoms with E-state index in [2.05, 4.69) is 33.4 Å². The summed E-state index contributed by atoms with van der Waals surface area (Å²) in [6, 6.07) is 5.04.